The average molecular weight is 476 g/mol. The van der Waals surface area contributed by atoms with Crippen LogP contribution in [0.15, 0.2) is 36.5 Å². The van der Waals surface area contributed by atoms with E-state index in [-0.39, 0.29) is 29.0 Å². The molecule has 1 aliphatic heterocycles. The fraction of sp³-hybridized carbons (Fsp3) is 0.593. The lowest BCUT2D eigenvalue weighted by Crippen LogP contribution is -2.65. The van der Waals surface area contributed by atoms with Crippen LogP contribution in [-0.4, -0.2) is 47.2 Å². The molecule has 0 spiro atoms. The van der Waals surface area contributed by atoms with E-state index in [9.17, 15) is 4.79 Å². The number of rotatable bonds is 8. The summed E-state index contributed by atoms with van der Waals surface area (Å²) < 4.78 is 13.2. The molecule has 8 heteroatoms. The third-order valence-corrected chi connectivity index (χ3v) is 8.84. The number of amides is 1. The Morgan fingerprint density at radius 2 is 2.00 bits per heavy atom. The van der Waals surface area contributed by atoms with Crippen molar-refractivity contribution >= 4 is 13.0 Å². The van der Waals surface area contributed by atoms with Crippen LogP contribution >= 0.6 is 0 Å². The van der Waals surface area contributed by atoms with Gasteiger partial charge in [-0.25, -0.2) is 9.97 Å². The molecule has 0 radical (unpaired) electrons. The number of carbonyl (C=O) groups is 1. The van der Waals surface area contributed by atoms with E-state index in [0.29, 0.717) is 35.5 Å². The lowest BCUT2D eigenvalue weighted by Gasteiger charge is -2.64. The van der Waals surface area contributed by atoms with Gasteiger partial charge in [0.2, 0.25) is 0 Å². The Kier molecular flexibility index (Phi) is 6.49. The fourth-order valence-electron chi connectivity index (χ4n) is 6.52. The Hall–Kier alpha value is -2.29. The highest BCUT2D eigenvalue weighted by molar-refractivity contribution is 6.48. The maximum absolute atomic E-state index is 13.4. The molecule has 2 aromatic rings. The molecule has 3 N–H and O–H groups in total. The first-order valence-corrected chi connectivity index (χ1v) is 13.0. The van der Waals surface area contributed by atoms with E-state index in [1.54, 1.807) is 6.20 Å². The minimum absolute atomic E-state index is 0.0772. The Labute approximate surface area is 208 Å². The number of nitrogens with two attached hydrogens (primary N) is 1. The van der Waals surface area contributed by atoms with Crippen LogP contribution in [0.3, 0.4) is 0 Å². The van der Waals surface area contributed by atoms with Crippen LogP contribution in [0.1, 0.15) is 68.9 Å². The number of hydrogen-bond acceptors (Lipinski definition) is 6. The predicted octanol–water partition coefficient (Wildman–Crippen LogP) is 3.95. The summed E-state index contributed by atoms with van der Waals surface area (Å²) in [4.78, 5) is 22.4. The van der Waals surface area contributed by atoms with Crippen LogP contribution in [0.4, 0.5) is 0 Å². The van der Waals surface area contributed by atoms with Gasteiger partial charge in [0.25, 0.3) is 5.91 Å². The van der Waals surface area contributed by atoms with E-state index in [1.165, 1.54) is 6.42 Å². The van der Waals surface area contributed by atoms with Gasteiger partial charge in [-0.05, 0) is 63.3 Å². The number of unbranched alkanes of at least 4 members (excludes halogenated alkanes) is 1. The van der Waals surface area contributed by atoms with Gasteiger partial charge in [-0.2, -0.15) is 0 Å². The van der Waals surface area contributed by atoms with E-state index in [4.69, 9.17) is 15.0 Å². The second-order valence-corrected chi connectivity index (χ2v) is 11.3. The van der Waals surface area contributed by atoms with Crippen LogP contribution in [-0.2, 0) is 9.31 Å². The van der Waals surface area contributed by atoms with E-state index in [0.717, 1.165) is 31.2 Å². The molecule has 3 aliphatic carbocycles. The molecule has 2 bridgehead atoms. The quantitative estimate of drug-likeness (QED) is 0.442. The van der Waals surface area contributed by atoms with Gasteiger partial charge in [-0.1, -0.05) is 50.6 Å². The number of aryl methyl sites for hydroxylation is 1. The smallest absolute Gasteiger partial charge is 0.404 e. The van der Waals surface area contributed by atoms with Crippen molar-refractivity contribution in [1.82, 2.24) is 15.3 Å². The first-order chi connectivity index (χ1) is 16.7. The van der Waals surface area contributed by atoms with Gasteiger partial charge in [-0.15, -0.1) is 0 Å². The largest absolute Gasteiger partial charge is 0.481 e. The molecule has 2 heterocycles. The lowest BCUT2D eigenvalue weighted by atomic mass is 9.43. The van der Waals surface area contributed by atoms with Gasteiger partial charge in [-0.3, -0.25) is 4.79 Å². The minimum Gasteiger partial charge on any atom is -0.404 e. The van der Waals surface area contributed by atoms with E-state index < -0.39 is 7.12 Å². The van der Waals surface area contributed by atoms with E-state index in [2.05, 4.69) is 36.1 Å². The van der Waals surface area contributed by atoms with Crippen molar-refractivity contribution in [3.8, 4) is 11.4 Å². The van der Waals surface area contributed by atoms with Crippen molar-refractivity contribution in [3.63, 3.8) is 0 Å². The Balaban J connectivity index is 1.32. The molecule has 4 fully saturated rings. The normalized spacial score (nSPS) is 29.3. The number of carbonyl (C=O) groups excluding carboxylic acids is 1. The second-order valence-electron chi connectivity index (χ2n) is 11.3. The van der Waals surface area contributed by atoms with Crippen LogP contribution < -0.4 is 11.1 Å². The molecule has 5 atom stereocenters. The maximum atomic E-state index is 13.4. The summed E-state index contributed by atoms with van der Waals surface area (Å²) in [5, 5.41) is 3.20. The third kappa shape index (κ3) is 4.30. The molecule has 5 unspecified atom stereocenters. The Morgan fingerprint density at radius 3 is 2.69 bits per heavy atom. The molecule has 1 saturated heterocycles. The monoisotopic (exact) mass is 476 g/mol. The molecule has 3 saturated carbocycles. The molecule has 186 valence electrons. The molecule has 1 aromatic heterocycles. The second kappa shape index (κ2) is 9.30. The van der Waals surface area contributed by atoms with Crippen LogP contribution in [0.2, 0.25) is 0 Å². The summed E-state index contributed by atoms with van der Waals surface area (Å²) in [6.45, 7) is 9.39. The summed E-state index contributed by atoms with van der Waals surface area (Å²) in [6.07, 6.45) is 6.45. The van der Waals surface area contributed by atoms with Gasteiger partial charge < -0.3 is 20.4 Å². The van der Waals surface area contributed by atoms with Crippen LogP contribution in [0.5, 0.6) is 0 Å². The summed E-state index contributed by atoms with van der Waals surface area (Å²) in [6, 6.07) is 9.78. The lowest BCUT2D eigenvalue weighted by molar-refractivity contribution is -0.199. The number of benzene rings is 1. The van der Waals surface area contributed by atoms with Gasteiger partial charge in [0.1, 0.15) is 0 Å². The first kappa shape index (κ1) is 24.4. The zero-order chi connectivity index (χ0) is 24.8. The maximum Gasteiger partial charge on any atom is 0.481 e. The van der Waals surface area contributed by atoms with E-state index >= 15 is 0 Å². The molecule has 4 aliphatic rings. The zero-order valence-corrected chi connectivity index (χ0v) is 21.3. The Bertz CT molecular complexity index is 1080. The van der Waals surface area contributed by atoms with Crippen molar-refractivity contribution in [2.45, 2.75) is 77.4 Å². The zero-order valence-electron chi connectivity index (χ0n) is 21.3. The highest BCUT2D eigenvalue weighted by Gasteiger charge is 2.68. The fourth-order valence-corrected chi connectivity index (χ4v) is 6.52. The first-order valence-electron chi connectivity index (χ1n) is 13.0. The molecule has 1 aromatic carbocycles. The Morgan fingerprint density at radius 1 is 1.23 bits per heavy atom. The van der Waals surface area contributed by atoms with Gasteiger partial charge in [0.05, 0.1) is 28.9 Å². The van der Waals surface area contributed by atoms with Crippen molar-refractivity contribution in [1.29, 1.82) is 0 Å². The van der Waals surface area contributed by atoms with Gasteiger partial charge in [0, 0.05) is 11.8 Å². The summed E-state index contributed by atoms with van der Waals surface area (Å²) in [5.74, 6) is 1.31. The average Bonchev–Trinajstić information content (AvgIpc) is 3.21. The van der Waals surface area contributed by atoms with Gasteiger partial charge >= 0.3 is 7.12 Å². The molecule has 35 heavy (non-hydrogen) atoms. The van der Waals surface area contributed by atoms with Crippen molar-refractivity contribution < 1.29 is 14.1 Å². The number of nitrogens with one attached hydrogen (secondary N) is 1. The van der Waals surface area contributed by atoms with Crippen LogP contribution in [0, 0.1) is 24.2 Å². The highest BCUT2D eigenvalue weighted by Crippen LogP contribution is 2.65. The molecule has 7 nitrogen and oxygen atoms in total. The van der Waals surface area contributed by atoms with E-state index in [1.807, 2.05) is 37.3 Å². The highest BCUT2D eigenvalue weighted by atomic mass is 16.7. The molecular weight excluding hydrogens is 439 g/mol. The minimum atomic E-state index is -0.466. The SMILES string of the molecule is Cc1nc(-c2ccccc2)ncc1C(=O)NC(CCCCN)B1OC2CC3CC(C3(C)C)C2(C)O1. The van der Waals surface area contributed by atoms with Crippen molar-refractivity contribution in [2.24, 2.45) is 23.0 Å². The number of nitrogens with zero attached hydrogens (tertiary/aromatic N) is 2. The third-order valence-electron chi connectivity index (χ3n) is 8.84. The van der Waals surface area contributed by atoms with Crippen molar-refractivity contribution in [3.05, 3.63) is 47.8 Å². The number of hydrogen-bond donors (Lipinski definition) is 2. The predicted molar refractivity (Wildman–Crippen MR) is 136 cm³/mol. The summed E-state index contributed by atoms with van der Waals surface area (Å²) in [5.41, 5.74) is 7.75. The number of aromatic nitrogens is 2. The molecule has 1 amide bonds. The topological polar surface area (TPSA) is 99.4 Å². The standard InChI is InChI=1S/C27H37BN4O3/c1-17-20(16-30-24(31-17)18-10-6-5-7-11-18)25(33)32-23(12-8-9-13-29)28-34-22-15-19-14-21(26(19,2)3)27(22,4)35-28/h5-7,10-11,16,19,21-23H,8-9,12-15,29H2,1-4H3,(H,32,33). The molecule has 6 rings (SSSR count). The van der Waals surface area contributed by atoms with Gasteiger partial charge in [0.15, 0.2) is 5.82 Å². The van der Waals surface area contributed by atoms with Crippen LogP contribution in [0.25, 0.3) is 11.4 Å². The summed E-state index contributed by atoms with van der Waals surface area (Å²) in [7, 11) is -0.466. The van der Waals surface area contributed by atoms with Crippen molar-refractivity contribution in [2.75, 3.05) is 6.54 Å². The summed E-state index contributed by atoms with van der Waals surface area (Å²) >= 11 is 0. The molecular formula is C27H37BN4O3.